The Hall–Kier alpha value is -2.41. The highest BCUT2D eigenvalue weighted by Crippen LogP contribution is 2.09. The van der Waals surface area contributed by atoms with Gasteiger partial charge < -0.3 is 15.5 Å². The fourth-order valence-corrected chi connectivity index (χ4v) is 3.08. The van der Waals surface area contributed by atoms with Crippen LogP contribution in [-0.2, 0) is 6.54 Å². The number of aromatic nitrogens is 3. The second-order valence-corrected chi connectivity index (χ2v) is 6.21. The Balaban J connectivity index is 1.48. The third kappa shape index (κ3) is 5.03. The van der Waals surface area contributed by atoms with Gasteiger partial charge in [0.25, 0.3) is 0 Å². The third-order valence-electron chi connectivity index (χ3n) is 4.46. The first kappa shape index (κ1) is 17.4. The average Bonchev–Trinajstić information content (AvgIpc) is 3.14. The summed E-state index contributed by atoms with van der Waals surface area (Å²) in [5.41, 5.74) is 1.05. The van der Waals surface area contributed by atoms with E-state index in [0.29, 0.717) is 6.54 Å². The summed E-state index contributed by atoms with van der Waals surface area (Å²) < 4.78 is 1.98. The van der Waals surface area contributed by atoms with Crippen LogP contribution >= 0.6 is 0 Å². The molecule has 2 heterocycles. The smallest absolute Gasteiger partial charge is 0.191 e. The monoisotopic (exact) mass is 341 g/mol. The predicted octanol–water partition coefficient (Wildman–Crippen LogP) is 1.42. The zero-order valence-electron chi connectivity index (χ0n) is 14.9. The molecule has 0 radical (unpaired) electrons. The van der Waals surface area contributed by atoms with Gasteiger partial charge >= 0.3 is 0 Å². The van der Waals surface area contributed by atoms with Crippen molar-refractivity contribution in [3.05, 3.63) is 42.5 Å². The molecular weight excluding hydrogens is 314 g/mol. The van der Waals surface area contributed by atoms with Gasteiger partial charge in [0.15, 0.2) is 11.8 Å². The van der Waals surface area contributed by atoms with Crippen molar-refractivity contribution in [2.24, 2.45) is 4.99 Å². The molecule has 3 rings (SSSR count). The Morgan fingerprint density at radius 2 is 1.92 bits per heavy atom. The molecule has 0 bridgehead atoms. The van der Waals surface area contributed by atoms with Crippen LogP contribution in [0.1, 0.15) is 25.1 Å². The molecule has 1 saturated heterocycles. The largest absolute Gasteiger partial charge is 0.355 e. The normalized spacial score (nSPS) is 16.0. The summed E-state index contributed by atoms with van der Waals surface area (Å²) in [7, 11) is 1.79. The fourth-order valence-electron chi connectivity index (χ4n) is 3.08. The molecule has 7 nitrogen and oxygen atoms in total. The van der Waals surface area contributed by atoms with Gasteiger partial charge in [0.1, 0.15) is 6.33 Å². The summed E-state index contributed by atoms with van der Waals surface area (Å²) in [6.45, 7) is 4.95. The van der Waals surface area contributed by atoms with Gasteiger partial charge in [-0.1, -0.05) is 24.6 Å². The van der Waals surface area contributed by atoms with Crippen LogP contribution in [0.4, 0.5) is 0 Å². The van der Waals surface area contributed by atoms with Crippen molar-refractivity contribution in [1.82, 2.24) is 30.3 Å². The van der Waals surface area contributed by atoms with Crippen molar-refractivity contribution < 1.29 is 0 Å². The minimum Gasteiger partial charge on any atom is -0.355 e. The number of nitrogens with one attached hydrogen (secondary N) is 2. The number of nitrogens with zero attached hydrogens (tertiary/aromatic N) is 5. The summed E-state index contributed by atoms with van der Waals surface area (Å²) in [6.07, 6.45) is 5.75. The molecule has 0 saturated carbocycles. The summed E-state index contributed by atoms with van der Waals surface area (Å²) in [4.78, 5) is 6.80. The lowest BCUT2D eigenvalue weighted by Crippen LogP contribution is -2.42. The highest BCUT2D eigenvalue weighted by atomic mass is 15.3. The van der Waals surface area contributed by atoms with Crippen LogP contribution in [0.25, 0.3) is 5.69 Å². The van der Waals surface area contributed by atoms with Crippen molar-refractivity contribution >= 4 is 5.96 Å². The summed E-state index contributed by atoms with van der Waals surface area (Å²) in [5.74, 6) is 1.64. The number of rotatable bonds is 6. The molecule has 0 unspecified atom stereocenters. The number of hydrogen-bond donors (Lipinski definition) is 2. The average molecular weight is 341 g/mol. The Morgan fingerprint density at radius 3 is 2.68 bits per heavy atom. The molecule has 1 aliphatic heterocycles. The maximum atomic E-state index is 4.29. The fraction of sp³-hybridized carbons (Fsp3) is 0.500. The number of likely N-dealkylation sites (tertiary alicyclic amines) is 1. The van der Waals surface area contributed by atoms with E-state index in [0.717, 1.165) is 30.6 Å². The quantitative estimate of drug-likeness (QED) is 0.614. The topological polar surface area (TPSA) is 70.4 Å². The minimum atomic E-state index is 0.568. The molecule has 0 amide bonds. The van der Waals surface area contributed by atoms with E-state index < -0.39 is 0 Å². The molecule has 1 aliphatic rings. The molecular formula is C18H27N7. The zero-order valence-corrected chi connectivity index (χ0v) is 14.9. The van der Waals surface area contributed by atoms with Crippen LogP contribution < -0.4 is 10.6 Å². The van der Waals surface area contributed by atoms with Crippen molar-refractivity contribution in [2.75, 3.05) is 33.2 Å². The van der Waals surface area contributed by atoms with Crippen molar-refractivity contribution in [3.63, 3.8) is 0 Å². The summed E-state index contributed by atoms with van der Waals surface area (Å²) in [6, 6.07) is 10.1. The van der Waals surface area contributed by atoms with Gasteiger partial charge in [-0.3, -0.25) is 9.56 Å². The number of aliphatic imine (C=N–C) groups is 1. The third-order valence-corrected chi connectivity index (χ3v) is 4.46. The van der Waals surface area contributed by atoms with Gasteiger partial charge in [0.2, 0.25) is 0 Å². The molecule has 1 fully saturated rings. The van der Waals surface area contributed by atoms with E-state index in [9.17, 15) is 0 Å². The standard InChI is InChI=1S/C18H27N7/c1-19-18(20-10-13-24-11-6-3-7-12-24)21-14-17-23-22-15-25(17)16-8-4-2-5-9-16/h2,4-5,8-9,15H,3,6-7,10-14H2,1H3,(H2,19,20,21). The molecule has 1 aromatic heterocycles. The Kier molecular flexibility index (Phi) is 6.39. The van der Waals surface area contributed by atoms with Crippen LogP contribution in [0.2, 0.25) is 0 Å². The number of para-hydroxylation sites is 1. The van der Waals surface area contributed by atoms with Crippen LogP contribution in [0.15, 0.2) is 41.7 Å². The van der Waals surface area contributed by atoms with Crippen LogP contribution in [0.3, 0.4) is 0 Å². The van der Waals surface area contributed by atoms with E-state index in [-0.39, 0.29) is 0 Å². The van der Waals surface area contributed by atoms with Gasteiger partial charge in [0, 0.05) is 25.8 Å². The van der Waals surface area contributed by atoms with Crippen LogP contribution in [0, 0.1) is 0 Å². The number of guanidine groups is 1. The van der Waals surface area contributed by atoms with E-state index in [1.807, 2.05) is 34.9 Å². The SMILES string of the molecule is CN=C(NCCN1CCCCC1)NCc1nncn1-c1ccccc1. The van der Waals surface area contributed by atoms with E-state index in [2.05, 4.69) is 30.7 Å². The second kappa shape index (κ2) is 9.17. The zero-order chi connectivity index (χ0) is 17.3. The van der Waals surface area contributed by atoms with Crippen molar-refractivity contribution in [1.29, 1.82) is 0 Å². The first-order chi connectivity index (χ1) is 12.4. The van der Waals surface area contributed by atoms with Crippen molar-refractivity contribution in [3.8, 4) is 5.69 Å². The van der Waals surface area contributed by atoms with E-state index in [4.69, 9.17) is 0 Å². The first-order valence-corrected chi connectivity index (χ1v) is 8.98. The Bertz CT molecular complexity index is 659. The molecule has 0 aliphatic carbocycles. The maximum absolute atomic E-state index is 4.29. The van der Waals surface area contributed by atoms with Gasteiger partial charge in [-0.25, -0.2) is 0 Å². The van der Waals surface area contributed by atoms with Gasteiger partial charge in [0.05, 0.1) is 6.54 Å². The maximum Gasteiger partial charge on any atom is 0.191 e. The Morgan fingerprint density at radius 1 is 1.12 bits per heavy atom. The lowest BCUT2D eigenvalue weighted by molar-refractivity contribution is 0.232. The molecule has 7 heteroatoms. The first-order valence-electron chi connectivity index (χ1n) is 8.98. The van der Waals surface area contributed by atoms with E-state index in [1.54, 1.807) is 13.4 Å². The highest BCUT2D eigenvalue weighted by Gasteiger charge is 2.10. The second-order valence-electron chi connectivity index (χ2n) is 6.21. The summed E-state index contributed by atoms with van der Waals surface area (Å²) >= 11 is 0. The minimum absolute atomic E-state index is 0.568. The van der Waals surface area contributed by atoms with Gasteiger partial charge in [-0.05, 0) is 38.1 Å². The lowest BCUT2D eigenvalue weighted by atomic mass is 10.1. The highest BCUT2D eigenvalue weighted by molar-refractivity contribution is 5.79. The van der Waals surface area contributed by atoms with Gasteiger partial charge in [-0.15, -0.1) is 10.2 Å². The molecule has 0 atom stereocenters. The molecule has 2 aromatic rings. The molecule has 25 heavy (non-hydrogen) atoms. The van der Waals surface area contributed by atoms with Crippen LogP contribution in [0.5, 0.6) is 0 Å². The molecule has 0 spiro atoms. The number of hydrogen-bond acceptors (Lipinski definition) is 4. The van der Waals surface area contributed by atoms with E-state index in [1.165, 1.54) is 32.4 Å². The lowest BCUT2D eigenvalue weighted by Gasteiger charge is -2.26. The molecule has 1 aromatic carbocycles. The van der Waals surface area contributed by atoms with Crippen LogP contribution in [-0.4, -0.2) is 58.9 Å². The molecule has 134 valence electrons. The van der Waals surface area contributed by atoms with Gasteiger partial charge in [-0.2, -0.15) is 0 Å². The van der Waals surface area contributed by atoms with E-state index >= 15 is 0 Å². The summed E-state index contributed by atoms with van der Waals surface area (Å²) in [5, 5.41) is 14.9. The number of piperidine rings is 1. The Labute approximate surface area is 149 Å². The van der Waals surface area contributed by atoms with Crippen molar-refractivity contribution in [2.45, 2.75) is 25.8 Å². The molecule has 2 N–H and O–H groups in total. The number of benzene rings is 1. The predicted molar refractivity (Wildman–Crippen MR) is 99.9 cm³/mol.